The Balaban J connectivity index is 2.00. The van der Waals surface area contributed by atoms with Gasteiger partial charge in [-0.2, -0.15) is 26.3 Å². The summed E-state index contributed by atoms with van der Waals surface area (Å²) in [6, 6.07) is 13.3. The van der Waals surface area contributed by atoms with Gasteiger partial charge in [0, 0.05) is 14.5 Å². The van der Waals surface area contributed by atoms with Crippen molar-refractivity contribution >= 4 is 31.9 Å². The summed E-state index contributed by atoms with van der Waals surface area (Å²) >= 11 is 6.24. The lowest BCUT2D eigenvalue weighted by Crippen LogP contribution is -2.08. The van der Waals surface area contributed by atoms with Crippen molar-refractivity contribution in [3.63, 3.8) is 0 Å². The number of benzene rings is 3. The average Bonchev–Trinajstić information content (AvgIpc) is 2.60. The van der Waals surface area contributed by atoms with Gasteiger partial charge in [-0.3, -0.25) is 0 Å². The minimum absolute atomic E-state index is 0.00494. The molecule has 0 N–H and O–H groups in total. The van der Waals surface area contributed by atoms with E-state index in [0.717, 1.165) is 18.2 Å². The van der Waals surface area contributed by atoms with Gasteiger partial charge in [0.2, 0.25) is 0 Å². The molecule has 0 nitrogen and oxygen atoms in total. The van der Waals surface area contributed by atoms with Crippen molar-refractivity contribution in [3.8, 4) is 22.3 Å². The van der Waals surface area contributed by atoms with Crippen LogP contribution in [0.2, 0.25) is 0 Å². The van der Waals surface area contributed by atoms with Crippen molar-refractivity contribution in [3.05, 3.63) is 80.7 Å². The summed E-state index contributed by atoms with van der Waals surface area (Å²) in [6.07, 6.45) is -8.97. The molecular formula is C20H10Br2F6. The molecule has 0 saturated carbocycles. The summed E-state index contributed by atoms with van der Waals surface area (Å²) in [5.74, 6) is 0. The molecule has 0 aliphatic carbocycles. The molecule has 0 bridgehead atoms. The van der Waals surface area contributed by atoms with Crippen LogP contribution >= 0.6 is 31.9 Å². The molecular weight excluding hydrogens is 514 g/mol. The van der Waals surface area contributed by atoms with Gasteiger partial charge < -0.3 is 0 Å². The van der Waals surface area contributed by atoms with E-state index in [1.807, 2.05) is 0 Å². The first-order valence-corrected chi connectivity index (χ1v) is 9.40. The Morgan fingerprint density at radius 2 is 1.04 bits per heavy atom. The summed E-state index contributed by atoms with van der Waals surface area (Å²) in [7, 11) is 0. The predicted molar refractivity (Wildman–Crippen MR) is 103 cm³/mol. The first-order valence-electron chi connectivity index (χ1n) is 7.81. The van der Waals surface area contributed by atoms with Gasteiger partial charge in [-0.1, -0.05) is 68.3 Å². The van der Waals surface area contributed by atoms with Gasteiger partial charge in [-0.25, -0.2) is 0 Å². The quantitative estimate of drug-likeness (QED) is 0.295. The first-order chi connectivity index (χ1) is 13.0. The van der Waals surface area contributed by atoms with Gasteiger partial charge in [0.15, 0.2) is 0 Å². The second kappa shape index (κ2) is 7.55. The van der Waals surface area contributed by atoms with Crippen LogP contribution in [0.1, 0.15) is 11.1 Å². The van der Waals surface area contributed by atoms with Crippen LogP contribution in [0.4, 0.5) is 26.3 Å². The van der Waals surface area contributed by atoms with E-state index in [1.165, 1.54) is 30.3 Å². The van der Waals surface area contributed by atoms with E-state index in [1.54, 1.807) is 12.1 Å². The lowest BCUT2D eigenvalue weighted by atomic mass is 9.96. The van der Waals surface area contributed by atoms with E-state index in [0.29, 0.717) is 16.7 Å². The maximum atomic E-state index is 13.4. The third-order valence-electron chi connectivity index (χ3n) is 4.08. The second-order valence-electron chi connectivity index (χ2n) is 5.96. The number of hydrogen-bond donors (Lipinski definition) is 0. The van der Waals surface area contributed by atoms with E-state index in [4.69, 9.17) is 0 Å². The lowest BCUT2D eigenvalue weighted by Gasteiger charge is -2.16. The van der Waals surface area contributed by atoms with Gasteiger partial charge in [0.1, 0.15) is 0 Å². The molecule has 3 aromatic carbocycles. The van der Waals surface area contributed by atoms with Crippen LogP contribution in [0.3, 0.4) is 0 Å². The van der Waals surface area contributed by atoms with Gasteiger partial charge in [0.05, 0.1) is 11.1 Å². The highest BCUT2D eigenvalue weighted by atomic mass is 79.9. The number of rotatable bonds is 2. The van der Waals surface area contributed by atoms with Crippen LogP contribution in [-0.4, -0.2) is 0 Å². The normalized spacial score (nSPS) is 12.3. The Morgan fingerprint density at radius 1 is 0.571 bits per heavy atom. The van der Waals surface area contributed by atoms with Crippen LogP contribution in [0.5, 0.6) is 0 Å². The molecule has 0 fully saturated rings. The largest absolute Gasteiger partial charge is 0.417 e. The van der Waals surface area contributed by atoms with Crippen LogP contribution < -0.4 is 0 Å². The molecule has 0 saturated heterocycles. The monoisotopic (exact) mass is 522 g/mol. The Morgan fingerprint density at radius 3 is 1.50 bits per heavy atom. The fourth-order valence-electron chi connectivity index (χ4n) is 2.77. The Hall–Kier alpha value is -1.80. The third kappa shape index (κ3) is 4.43. The topological polar surface area (TPSA) is 0 Å². The zero-order chi connectivity index (χ0) is 20.7. The zero-order valence-electron chi connectivity index (χ0n) is 13.8. The standard InChI is InChI=1S/C20H10Br2F6/c21-15-9-16(20(26,27)28)18(17(22)10-15)13-3-1-11(2-4-13)12-5-7-14(8-6-12)19(23,24)25/h1-10H. The number of alkyl halides is 6. The van der Waals surface area contributed by atoms with Crippen molar-refractivity contribution in [2.45, 2.75) is 12.4 Å². The predicted octanol–water partition coefficient (Wildman–Crippen LogP) is 8.58. The molecule has 0 heterocycles. The van der Waals surface area contributed by atoms with Crippen molar-refractivity contribution in [1.82, 2.24) is 0 Å². The van der Waals surface area contributed by atoms with Gasteiger partial charge >= 0.3 is 12.4 Å². The minimum Gasteiger partial charge on any atom is -0.166 e. The van der Waals surface area contributed by atoms with Crippen molar-refractivity contribution < 1.29 is 26.3 Å². The molecule has 3 rings (SSSR count). The molecule has 3 aromatic rings. The van der Waals surface area contributed by atoms with Gasteiger partial charge in [0.25, 0.3) is 0 Å². The Labute approximate surface area is 173 Å². The Kier molecular flexibility index (Phi) is 5.64. The molecule has 0 amide bonds. The van der Waals surface area contributed by atoms with Crippen LogP contribution in [-0.2, 0) is 12.4 Å². The van der Waals surface area contributed by atoms with Gasteiger partial charge in [-0.15, -0.1) is 0 Å². The maximum Gasteiger partial charge on any atom is 0.417 e. The fourth-order valence-corrected chi connectivity index (χ4v) is 4.23. The van der Waals surface area contributed by atoms with E-state index >= 15 is 0 Å². The molecule has 0 aliphatic heterocycles. The Bertz CT molecular complexity index is 987. The van der Waals surface area contributed by atoms with Crippen LogP contribution in [0.15, 0.2) is 69.6 Å². The van der Waals surface area contributed by atoms with Crippen LogP contribution in [0, 0.1) is 0 Å². The fraction of sp³-hybridized carbons (Fsp3) is 0.100. The third-order valence-corrected chi connectivity index (χ3v) is 5.16. The van der Waals surface area contributed by atoms with E-state index in [9.17, 15) is 26.3 Å². The highest BCUT2D eigenvalue weighted by Gasteiger charge is 2.35. The summed E-state index contributed by atoms with van der Waals surface area (Å²) < 4.78 is 78.9. The summed E-state index contributed by atoms with van der Waals surface area (Å²) in [5.41, 5.74) is -0.0979. The number of hydrogen-bond acceptors (Lipinski definition) is 0. The number of halogens is 8. The van der Waals surface area contributed by atoms with E-state index < -0.39 is 23.5 Å². The van der Waals surface area contributed by atoms with Crippen molar-refractivity contribution in [2.24, 2.45) is 0 Å². The minimum atomic E-state index is -4.55. The maximum absolute atomic E-state index is 13.4. The molecule has 0 radical (unpaired) electrons. The zero-order valence-corrected chi connectivity index (χ0v) is 17.0. The molecule has 8 heteroatoms. The smallest absolute Gasteiger partial charge is 0.166 e. The summed E-state index contributed by atoms with van der Waals surface area (Å²) in [4.78, 5) is 0. The molecule has 0 spiro atoms. The molecule has 28 heavy (non-hydrogen) atoms. The second-order valence-corrected chi connectivity index (χ2v) is 7.73. The van der Waals surface area contributed by atoms with E-state index in [-0.39, 0.29) is 14.5 Å². The van der Waals surface area contributed by atoms with Gasteiger partial charge in [-0.05, 0) is 41.0 Å². The first kappa shape index (κ1) is 20.9. The van der Waals surface area contributed by atoms with Crippen LogP contribution in [0.25, 0.3) is 22.3 Å². The SMILES string of the molecule is FC(F)(F)c1ccc(-c2ccc(-c3c(Br)cc(Br)cc3C(F)(F)F)cc2)cc1. The van der Waals surface area contributed by atoms with Crippen molar-refractivity contribution in [2.75, 3.05) is 0 Å². The summed E-state index contributed by atoms with van der Waals surface area (Å²) in [5, 5.41) is 0. The highest BCUT2D eigenvalue weighted by molar-refractivity contribution is 9.11. The molecule has 0 aliphatic rings. The molecule has 0 unspecified atom stereocenters. The molecule has 0 aromatic heterocycles. The lowest BCUT2D eigenvalue weighted by molar-refractivity contribution is -0.138. The van der Waals surface area contributed by atoms with E-state index in [2.05, 4.69) is 31.9 Å². The van der Waals surface area contributed by atoms with Crippen molar-refractivity contribution in [1.29, 1.82) is 0 Å². The highest BCUT2D eigenvalue weighted by Crippen LogP contribution is 2.43. The summed E-state index contributed by atoms with van der Waals surface area (Å²) in [6.45, 7) is 0. The average molecular weight is 524 g/mol. The molecule has 0 atom stereocenters. The molecule has 146 valence electrons.